The van der Waals surface area contributed by atoms with Crippen molar-refractivity contribution in [3.05, 3.63) is 70.8 Å². The molecule has 0 saturated heterocycles. The summed E-state index contributed by atoms with van der Waals surface area (Å²) in [6.07, 6.45) is -0.499. The molecule has 0 aliphatic carbocycles. The summed E-state index contributed by atoms with van der Waals surface area (Å²) >= 11 is 0. The van der Waals surface area contributed by atoms with Gasteiger partial charge < -0.3 is 19.5 Å². The number of aromatic carboxylic acids is 1. The molecule has 0 radical (unpaired) electrons. The van der Waals surface area contributed by atoms with E-state index in [0.717, 1.165) is 5.56 Å². The molecule has 0 unspecified atom stereocenters. The van der Waals surface area contributed by atoms with Gasteiger partial charge in [0.15, 0.2) is 0 Å². The SMILES string of the molecule is COC(=O)c1cc(CN(C(=O)OCc2ccccc2)C(C)C)ccc1C(=O)O. The molecule has 148 valence electrons. The van der Waals surface area contributed by atoms with E-state index in [9.17, 15) is 19.5 Å². The third kappa shape index (κ3) is 5.33. The summed E-state index contributed by atoms with van der Waals surface area (Å²) in [4.78, 5) is 37.3. The molecular formula is C21H23NO6. The maximum atomic E-state index is 12.5. The second-order valence-electron chi connectivity index (χ2n) is 6.44. The summed E-state index contributed by atoms with van der Waals surface area (Å²) in [5.74, 6) is -1.98. The molecule has 2 aromatic rings. The minimum Gasteiger partial charge on any atom is -0.478 e. The second kappa shape index (κ2) is 9.55. The molecule has 1 amide bonds. The molecule has 0 aromatic heterocycles. The van der Waals surface area contributed by atoms with Crippen molar-refractivity contribution in [3.8, 4) is 0 Å². The summed E-state index contributed by atoms with van der Waals surface area (Å²) in [5.41, 5.74) is 1.25. The van der Waals surface area contributed by atoms with Crippen molar-refractivity contribution in [1.82, 2.24) is 4.90 Å². The number of carboxylic acids is 1. The van der Waals surface area contributed by atoms with E-state index in [4.69, 9.17) is 4.74 Å². The van der Waals surface area contributed by atoms with Gasteiger partial charge in [0, 0.05) is 12.6 Å². The van der Waals surface area contributed by atoms with E-state index in [0.29, 0.717) is 5.56 Å². The summed E-state index contributed by atoms with van der Waals surface area (Å²) in [6.45, 7) is 4.00. The standard InChI is InChI=1S/C21H23NO6/c1-14(2)22(21(26)28-13-15-7-5-4-6-8-15)12-16-9-10-17(19(23)24)18(11-16)20(25)27-3/h4-11,14H,12-13H2,1-3H3,(H,23,24). The average molecular weight is 385 g/mol. The van der Waals surface area contributed by atoms with E-state index in [-0.39, 0.29) is 30.3 Å². The van der Waals surface area contributed by atoms with E-state index in [1.165, 1.54) is 24.1 Å². The van der Waals surface area contributed by atoms with Crippen molar-refractivity contribution in [2.24, 2.45) is 0 Å². The van der Waals surface area contributed by atoms with Crippen LogP contribution in [-0.4, -0.2) is 41.2 Å². The number of carboxylic acid groups (broad SMARTS) is 1. The van der Waals surface area contributed by atoms with Gasteiger partial charge in [0.05, 0.1) is 18.2 Å². The molecule has 0 fully saturated rings. The minimum atomic E-state index is -1.23. The van der Waals surface area contributed by atoms with Crippen molar-refractivity contribution in [2.75, 3.05) is 7.11 Å². The number of benzene rings is 2. The van der Waals surface area contributed by atoms with Crippen LogP contribution in [0.3, 0.4) is 0 Å². The molecule has 0 heterocycles. The van der Waals surface area contributed by atoms with Gasteiger partial charge in [0.25, 0.3) is 0 Å². The number of hydrogen-bond donors (Lipinski definition) is 1. The molecule has 0 spiro atoms. The van der Waals surface area contributed by atoms with Gasteiger partial charge in [-0.15, -0.1) is 0 Å². The fourth-order valence-electron chi connectivity index (χ4n) is 2.61. The van der Waals surface area contributed by atoms with Gasteiger partial charge >= 0.3 is 18.0 Å². The minimum absolute atomic E-state index is 0.0612. The van der Waals surface area contributed by atoms with Gasteiger partial charge in [-0.25, -0.2) is 14.4 Å². The van der Waals surface area contributed by atoms with Crippen molar-refractivity contribution >= 4 is 18.0 Å². The van der Waals surface area contributed by atoms with Crippen LogP contribution in [-0.2, 0) is 22.6 Å². The maximum absolute atomic E-state index is 12.5. The monoisotopic (exact) mass is 385 g/mol. The number of ether oxygens (including phenoxy) is 2. The van der Waals surface area contributed by atoms with Gasteiger partial charge in [0.2, 0.25) is 0 Å². The lowest BCUT2D eigenvalue weighted by Crippen LogP contribution is -2.36. The number of amides is 1. The van der Waals surface area contributed by atoms with Crippen LogP contribution in [0.2, 0.25) is 0 Å². The van der Waals surface area contributed by atoms with Crippen LogP contribution in [0.5, 0.6) is 0 Å². The highest BCUT2D eigenvalue weighted by molar-refractivity contribution is 6.02. The van der Waals surface area contributed by atoms with Gasteiger partial charge in [-0.3, -0.25) is 0 Å². The zero-order valence-corrected chi connectivity index (χ0v) is 16.0. The Morgan fingerprint density at radius 2 is 1.68 bits per heavy atom. The summed E-state index contributed by atoms with van der Waals surface area (Å²) < 4.78 is 10.0. The van der Waals surface area contributed by atoms with E-state index in [2.05, 4.69) is 4.74 Å². The normalized spacial score (nSPS) is 10.4. The molecule has 28 heavy (non-hydrogen) atoms. The second-order valence-corrected chi connectivity index (χ2v) is 6.44. The molecular weight excluding hydrogens is 362 g/mol. The lowest BCUT2D eigenvalue weighted by atomic mass is 10.0. The molecule has 0 aliphatic heterocycles. The topological polar surface area (TPSA) is 93.1 Å². The van der Waals surface area contributed by atoms with Gasteiger partial charge in [-0.05, 0) is 37.1 Å². The summed E-state index contributed by atoms with van der Waals surface area (Å²) in [6, 6.07) is 13.5. The van der Waals surface area contributed by atoms with Crippen LogP contribution < -0.4 is 0 Å². The molecule has 7 nitrogen and oxygen atoms in total. The largest absolute Gasteiger partial charge is 0.478 e. The quantitative estimate of drug-likeness (QED) is 0.730. The van der Waals surface area contributed by atoms with Gasteiger partial charge in [-0.2, -0.15) is 0 Å². The smallest absolute Gasteiger partial charge is 0.410 e. The molecule has 0 aliphatic rings. The van der Waals surface area contributed by atoms with E-state index >= 15 is 0 Å². The number of rotatable bonds is 7. The van der Waals surface area contributed by atoms with Gasteiger partial charge in [0.1, 0.15) is 6.61 Å². The molecule has 2 aromatic carbocycles. The Kier molecular flexibility index (Phi) is 7.14. The number of methoxy groups -OCH3 is 1. The third-order valence-electron chi connectivity index (χ3n) is 4.14. The van der Waals surface area contributed by atoms with Crippen molar-refractivity contribution in [1.29, 1.82) is 0 Å². The predicted molar refractivity (Wildman–Crippen MR) is 102 cm³/mol. The molecule has 7 heteroatoms. The number of carbonyl (C=O) groups is 3. The predicted octanol–water partition coefficient (Wildman–Crippen LogP) is 3.72. The Morgan fingerprint density at radius 1 is 1.00 bits per heavy atom. The Balaban J connectivity index is 2.18. The maximum Gasteiger partial charge on any atom is 0.410 e. The average Bonchev–Trinajstić information content (AvgIpc) is 2.69. The first-order chi connectivity index (χ1) is 13.3. The molecule has 0 bridgehead atoms. The highest BCUT2D eigenvalue weighted by Crippen LogP contribution is 2.17. The van der Waals surface area contributed by atoms with Gasteiger partial charge in [-0.1, -0.05) is 36.4 Å². The molecule has 2 rings (SSSR count). The van der Waals surface area contributed by atoms with Crippen molar-refractivity contribution in [3.63, 3.8) is 0 Å². The van der Waals surface area contributed by atoms with Crippen LogP contribution in [0.1, 0.15) is 45.7 Å². The number of nitrogens with zero attached hydrogens (tertiary/aromatic N) is 1. The number of carbonyl (C=O) groups excluding carboxylic acids is 2. The molecule has 1 N–H and O–H groups in total. The Hall–Kier alpha value is -3.35. The van der Waals surface area contributed by atoms with E-state index in [1.54, 1.807) is 6.07 Å². The Bertz CT molecular complexity index is 847. The fraction of sp³-hybridized carbons (Fsp3) is 0.286. The lowest BCUT2D eigenvalue weighted by Gasteiger charge is -2.26. The summed E-state index contributed by atoms with van der Waals surface area (Å²) in [7, 11) is 1.18. The Labute approximate surface area is 163 Å². The molecule has 0 saturated carbocycles. The highest BCUT2D eigenvalue weighted by Gasteiger charge is 2.22. The fourth-order valence-corrected chi connectivity index (χ4v) is 2.61. The highest BCUT2D eigenvalue weighted by atomic mass is 16.6. The first-order valence-electron chi connectivity index (χ1n) is 8.75. The summed E-state index contributed by atoms with van der Waals surface area (Å²) in [5, 5.41) is 9.25. The van der Waals surface area contributed by atoms with Crippen LogP contribution in [0.4, 0.5) is 4.79 Å². The first kappa shape index (κ1) is 21.0. The van der Waals surface area contributed by atoms with E-state index < -0.39 is 18.0 Å². The number of esters is 1. The Morgan fingerprint density at radius 3 is 2.25 bits per heavy atom. The number of hydrogen-bond acceptors (Lipinski definition) is 5. The zero-order chi connectivity index (χ0) is 20.7. The zero-order valence-electron chi connectivity index (χ0n) is 16.0. The van der Waals surface area contributed by atoms with Crippen molar-refractivity contribution < 1.29 is 29.0 Å². The van der Waals surface area contributed by atoms with E-state index in [1.807, 2.05) is 44.2 Å². The van der Waals surface area contributed by atoms with Crippen LogP contribution >= 0.6 is 0 Å². The third-order valence-corrected chi connectivity index (χ3v) is 4.14. The van der Waals surface area contributed by atoms with Crippen LogP contribution in [0.15, 0.2) is 48.5 Å². The van der Waals surface area contributed by atoms with Crippen LogP contribution in [0, 0.1) is 0 Å². The first-order valence-corrected chi connectivity index (χ1v) is 8.75. The molecule has 0 atom stereocenters. The van der Waals surface area contributed by atoms with Crippen molar-refractivity contribution in [2.45, 2.75) is 33.0 Å². The van der Waals surface area contributed by atoms with Crippen LogP contribution in [0.25, 0.3) is 0 Å². The lowest BCUT2D eigenvalue weighted by molar-refractivity contribution is 0.0582.